The lowest BCUT2D eigenvalue weighted by atomic mass is 9.88. The second-order valence-corrected chi connectivity index (χ2v) is 8.29. The summed E-state index contributed by atoms with van der Waals surface area (Å²) in [7, 11) is -1.95. The number of pyridine rings is 1. The summed E-state index contributed by atoms with van der Waals surface area (Å²) < 4.78 is 26.6. The molecule has 1 aromatic rings. The number of sulfonamides is 1. The van der Waals surface area contributed by atoms with Crippen LogP contribution in [-0.2, 0) is 16.6 Å². The predicted octanol–water partition coefficient (Wildman–Crippen LogP) is 2.25. The molecule has 6 heteroatoms. The van der Waals surface area contributed by atoms with Crippen molar-refractivity contribution in [2.75, 3.05) is 13.6 Å². The van der Waals surface area contributed by atoms with E-state index in [9.17, 15) is 8.42 Å². The smallest absolute Gasteiger partial charge is 0.260 e. The molecule has 1 atom stereocenters. The molecule has 1 aromatic heterocycles. The fraction of sp³-hybridized carbons (Fsp3) is 0.667. The van der Waals surface area contributed by atoms with Gasteiger partial charge in [0.25, 0.3) is 10.0 Å². The minimum Gasteiger partial charge on any atom is -0.313 e. The first-order chi connectivity index (χ1) is 9.60. The number of hydrogen-bond acceptors (Lipinski definition) is 4. The van der Waals surface area contributed by atoms with Crippen LogP contribution in [0.3, 0.4) is 0 Å². The Morgan fingerprint density at radius 1 is 1.33 bits per heavy atom. The molecule has 0 aliphatic carbocycles. The molecular weight excluding hydrogens is 286 g/mol. The molecule has 1 unspecified atom stereocenters. The molecule has 0 fully saturated rings. The van der Waals surface area contributed by atoms with Crippen LogP contribution in [0, 0.1) is 5.41 Å². The standard InChI is InChI=1S/C15H27N3O2S/c1-7-16-10-13-8-9-14(17-11-13)21(19,20)18(6)12(2)15(3,4)5/h8-9,11-12,16H,7,10H2,1-6H3. The van der Waals surface area contributed by atoms with Crippen LogP contribution < -0.4 is 5.32 Å². The van der Waals surface area contributed by atoms with Gasteiger partial charge in [-0.3, -0.25) is 0 Å². The lowest BCUT2D eigenvalue weighted by Crippen LogP contribution is -2.43. The van der Waals surface area contributed by atoms with Crippen LogP contribution in [0.1, 0.15) is 40.2 Å². The zero-order valence-corrected chi connectivity index (χ0v) is 14.7. The molecule has 1 rings (SSSR count). The summed E-state index contributed by atoms with van der Waals surface area (Å²) in [6, 6.07) is 3.26. The lowest BCUT2D eigenvalue weighted by Gasteiger charge is -2.34. The second-order valence-electron chi connectivity index (χ2n) is 6.35. The lowest BCUT2D eigenvalue weighted by molar-refractivity contribution is 0.216. The predicted molar refractivity (Wildman–Crippen MR) is 85.5 cm³/mol. The van der Waals surface area contributed by atoms with Gasteiger partial charge in [-0.15, -0.1) is 0 Å². The minimum atomic E-state index is -3.56. The summed E-state index contributed by atoms with van der Waals surface area (Å²) in [5, 5.41) is 3.28. The third kappa shape index (κ3) is 4.49. The number of hydrogen-bond donors (Lipinski definition) is 1. The zero-order chi connectivity index (χ0) is 16.3. The molecule has 0 aliphatic heterocycles. The normalized spacial score (nSPS) is 14.4. The monoisotopic (exact) mass is 313 g/mol. The van der Waals surface area contributed by atoms with Gasteiger partial charge in [-0.2, -0.15) is 4.31 Å². The van der Waals surface area contributed by atoms with E-state index in [1.807, 2.05) is 34.6 Å². The van der Waals surface area contributed by atoms with Crippen LogP contribution in [0.4, 0.5) is 0 Å². The summed E-state index contributed by atoms with van der Waals surface area (Å²) in [6.45, 7) is 11.6. The number of nitrogens with one attached hydrogen (secondary N) is 1. The van der Waals surface area contributed by atoms with Crippen molar-refractivity contribution in [3.05, 3.63) is 23.9 Å². The van der Waals surface area contributed by atoms with Gasteiger partial charge in [-0.1, -0.05) is 33.8 Å². The van der Waals surface area contributed by atoms with Crippen LogP contribution in [0.2, 0.25) is 0 Å². The van der Waals surface area contributed by atoms with E-state index in [1.54, 1.807) is 25.4 Å². The summed E-state index contributed by atoms with van der Waals surface area (Å²) in [5.74, 6) is 0. The maximum Gasteiger partial charge on any atom is 0.260 e. The van der Waals surface area contributed by atoms with Crippen molar-refractivity contribution >= 4 is 10.0 Å². The fourth-order valence-electron chi connectivity index (χ4n) is 1.84. The van der Waals surface area contributed by atoms with Crippen molar-refractivity contribution in [2.24, 2.45) is 5.41 Å². The average molecular weight is 313 g/mol. The Hall–Kier alpha value is -0.980. The van der Waals surface area contributed by atoms with Gasteiger partial charge >= 0.3 is 0 Å². The van der Waals surface area contributed by atoms with E-state index in [1.165, 1.54) is 4.31 Å². The Kier molecular flexibility index (Phi) is 5.90. The van der Waals surface area contributed by atoms with E-state index in [0.29, 0.717) is 6.54 Å². The SMILES string of the molecule is CCNCc1ccc(S(=O)(=O)N(C)C(C)C(C)(C)C)nc1. The molecule has 0 saturated heterocycles. The Morgan fingerprint density at radius 2 is 1.95 bits per heavy atom. The van der Waals surface area contributed by atoms with Crippen LogP contribution in [-0.4, -0.2) is 37.3 Å². The summed E-state index contributed by atoms with van der Waals surface area (Å²) in [5.41, 5.74) is 0.842. The van der Waals surface area contributed by atoms with Gasteiger partial charge in [0.1, 0.15) is 0 Å². The van der Waals surface area contributed by atoms with Crippen LogP contribution in [0.5, 0.6) is 0 Å². The Balaban J connectivity index is 2.97. The first kappa shape index (κ1) is 18.1. The Morgan fingerprint density at radius 3 is 2.38 bits per heavy atom. The van der Waals surface area contributed by atoms with E-state index in [4.69, 9.17) is 0 Å². The molecule has 120 valence electrons. The van der Waals surface area contributed by atoms with Gasteiger partial charge in [0, 0.05) is 25.8 Å². The van der Waals surface area contributed by atoms with Crippen molar-refractivity contribution in [1.82, 2.24) is 14.6 Å². The summed E-state index contributed by atoms with van der Waals surface area (Å²) >= 11 is 0. The first-order valence-electron chi connectivity index (χ1n) is 7.24. The highest BCUT2D eigenvalue weighted by Gasteiger charge is 2.33. The highest BCUT2D eigenvalue weighted by Crippen LogP contribution is 2.26. The third-order valence-corrected chi connectivity index (χ3v) is 5.66. The molecule has 0 spiro atoms. The number of nitrogens with zero attached hydrogens (tertiary/aromatic N) is 2. The molecule has 1 N–H and O–H groups in total. The van der Waals surface area contributed by atoms with Crippen molar-refractivity contribution in [3.63, 3.8) is 0 Å². The second kappa shape index (κ2) is 6.85. The molecule has 0 amide bonds. The van der Waals surface area contributed by atoms with Gasteiger partial charge in [-0.25, -0.2) is 13.4 Å². The highest BCUT2D eigenvalue weighted by molar-refractivity contribution is 7.89. The summed E-state index contributed by atoms with van der Waals surface area (Å²) in [4.78, 5) is 4.12. The molecular formula is C15H27N3O2S. The molecule has 0 radical (unpaired) electrons. The van der Waals surface area contributed by atoms with Gasteiger partial charge in [-0.05, 0) is 30.5 Å². The minimum absolute atomic E-state index is 0.0985. The maximum absolute atomic E-state index is 12.6. The van der Waals surface area contributed by atoms with Gasteiger partial charge < -0.3 is 5.32 Å². The zero-order valence-electron chi connectivity index (χ0n) is 13.8. The highest BCUT2D eigenvalue weighted by atomic mass is 32.2. The summed E-state index contributed by atoms with van der Waals surface area (Å²) in [6.07, 6.45) is 1.62. The van der Waals surface area contributed by atoms with E-state index in [0.717, 1.165) is 12.1 Å². The van der Waals surface area contributed by atoms with Crippen LogP contribution in [0.15, 0.2) is 23.4 Å². The molecule has 5 nitrogen and oxygen atoms in total. The number of rotatable bonds is 6. The van der Waals surface area contributed by atoms with Crippen molar-refractivity contribution in [2.45, 2.75) is 52.2 Å². The van der Waals surface area contributed by atoms with E-state index in [-0.39, 0.29) is 16.5 Å². The van der Waals surface area contributed by atoms with Gasteiger partial charge in [0.15, 0.2) is 5.03 Å². The van der Waals surface area contributed by atoms with Gasteiger partial charge in [0.05, 0.1) is 0 Å². The third-order valence-electron chi connectivity index (χ3n) is 3.82. The van der Waals surface area contributed by atoms with E-state index in [2.05, 4.69) is 10.3 Å². The maximum atomic E-state index is 12.6. The largest absolute Gasteiger partial charge is 0.313 e. The Labute approximate surface area is 128 Å². The molecule has 0 saturated carbocycles. The van der Waals surface area contributed by atoms with Crippen molar-refractivity contribution in [3.8, 4) is 0 Å². The fourth-order valence-corrected chi connectivity index (χ4v) is 3.29. The average Bonchev–Trinajstić information content (AvgIpc) is 2.42. The molecule has 0 aliphatic rings. The van der Waals surface area contributed by atoms with Crippen LogP contribution >= 0.6 is 0 Å². The topological polar surface area (TPSA) is 62.3 Å². The molecule has 0 aromatic carbocycles. The number of aromatic nitrogens is 1. The Bertz CT molecular complexity index is 547. The molecule has 0 bridgehead atoms. The first-order valence-corrected chi connectivity index (χ1v) is 8.68. The molecule has 1 heterocycles. The molecule has 21 heavy (non-hydrogen) atoms. The van der Waals surface area contributed by atoms with Gasteiger partial charge in [0.2, 0.25) is 0 Å². The van der Waals surface area contributed by atoms with Crippen molar-refractivity contribution < 1.29 is 8.42 Å². The van der Waals surface area contributed by atoms with Crippen molar-refractivity contribution in [1.29, 1.82) is 0 Å². The van der Waals surface area contributed by atoms with Crippen LogP contribution in [0.25, 0.3) is 0 Å². The van der Waals surface area contributed by atoms with E-state index >= 15 is 0 Å². The quantitative estimate of drug-likeness (QED) is 0.875. The van der Waals surface area contributed by atoms with E-state index < -0.39 is 10.0 Å².